The lowest BCUT2D eigenvalue weighted by Crippen LogP contribution is -2.22. The van der Waals surface area contributed by atoms with Gasteiger partial charge in [-0.2, -0.15) is 0 Å². The van der Waals surface area contributed by atoms with Gasteiger partial charge >= 0.3 is 0 Å². The molecule has 0 radical (unpaired) electrons. The van der Waals surface area contributed by atoms with Crippen molar-refractivity contribution in [2.45, 2.75) is 10.9 Å². The average molecular weight is 499 g/mol. The van der Waals surface area contributed by atoms with Crippen LogP contribution in [0.25, 0.3) is 22.2 Å². The second-order valence-electron chi connectivity index (χ2n) is 6.78. The summed E-state index contributed by atoms with van der Waals surface area (Å²) in [5.41, 5.74) is 1.60. The molecule has 0 bridgehead atoms. The number of aromatic nitrogens is 4. The van der Waals surface area contributed by atoms with Gasteiger partial charge in [0.1, 0.15) is 17.3 Å². The van der Waals surface area contributed by atoms with E-state index in [0.717, 1.165) is 27.9 Å². The van der Waals surface area contributed by atoms with Crippen molar-refractivity contribution in [1.82, 2.24) is 18.9 Å². The van der Waals surface area contributed by atoms with Gasteiger partial charge in [0.15, 0.2) is 5.16 Å². The Morgan fingerprint density at radius 1 is 1.00 bits per heavy atom. The molecule has 0 fully saturated rings. The van der Waals surface area contributed by atoms with Gasteiger partial charge < -0.3 is 4.40 Å². The van der Waals surface area contributed by atoms with E-state index < -0.39 is 17.2 Å². The molecule has 0 aliphatic heterocycles. The average Bonchev–Trinajstić information content (AvgIpc) is 3.15. The zero-order chi connectivity index (χ0) is 21.5. The van der Waals surface area contributed by atoms with E-state index in [1.807, 2.05) is 28.9 Å². The second-order valence-corrected chi connectivity index (χ2v) is 8.64. The maximum atomic E-state index is 14.6. The summed E-state index contributed by atoms with van der Waals surface area (Å²) < 4.78 is 32.0. The summed E-state index contributed by atoms with van der Waals surface area (Å²) in [7, 11) is 0. The van der Waals surface area contributed by atoms with Crippen molar-refractivity contribution in [1.29, 1.82) is 0 Å². The SMILES string of the molecule is O=c1c2ccccc2nc(SCc2cn3cc(Br)ccc3n2)n1-c1ccc(F)cc1F. The van der Waals surface area contributed by atoms with Crippen molar-refractivity contribution in [3.63, 3.8) is 0 Å². The van der Waals surface area contributed by atoms with Gasteiger partial charge in [0.2, 0.25) is 0 Å². The number of pyridine rings is 1. The maximum Gasteiger partial charge on any atom is 0.266 e. The quantitative estimate of drug-likeness (QED) is 0.247. The number of fused-ring (bicyclic) bond motifs is 2. The third-order valence-corrected chi connectivity index (χ3v) is 6.15. The lowest BCUT2D eigenvalue weighted by atomic mass is 10.2. The van der Waals surface area contributed by atoms with Crippen molar-refractivity contribution < 1.29 is 8.78 Å². The first-order valence-electron chi connectivity index (χ1n) is 9.23. The number of halogens is 3. The summed E-state index contributed by atoms with van der Waals surface area (Å²) in [6.07, 6.45) is 3.78. The van der Waals surface area contributed by atoms with Crippen LogP contribution in [0.4, 0.5) is 8.78 Å². The van der Waals surface area contributed by atoms with Crippen LogP contribution < -0.4 is 5.56 Å². The predicted octanol–water partition coefficient (Wildman–Crippen LogP) is 5.37. The Morgan fingerprint density at radius 3 is 2.68 bits per heavy atom. The fourth-order valence-electron chi connectivity index (χ4n) is 3.31. The van der Waals surface area contributed by atoms with E-state index in [4.69, 9.17) is 0 Å². The second kappa shape index (κ2) is 7.90. The zero-order valence-electron chi connectivity index (χ0n) is 15.8. The molecular formula is C22H13BrF2N4OS. The lowest BCUT2D eigenvalue weighted by molar-refractivity contribution is 0.572. The van der Waals surface area contributed by atoms with E-state index in [-0.39, 0.29) is 5.69 Å². The van der Waals surface area contributed by atoms with Gasteiger partial charge in [-0.15, -0.1) is 0 Å². The van der Waals surface area contributed by atoms with Crippen LogP contribution in [0.5, 0.6) is 0 Å². The van der Waals surface area contributed by atoms with E-state index in [0.29, 0.717) is 21.8 Å². The highest BCUT2D eigenvalue weighted by Gasteiger charge is 2.17. The molecule has 0 saturated carbocycles. The van der Waals surface area contributed by atoms with E-state index in [2.05, 4.69) is 25.9 Å². The molecule has 5 rings (SSSR count). The molecule has 5 nitrogen and oxygen atoms in total. The highest BCUT2D eigenvalue weighted by Crippen LogP contribution is 2.26. The van der Waals surface area contributed by atoms with E-state index in [9.17, 15) is 13.6 Å². The molecule has 3 heterocycles. The first-order chi connectivity index (χ1) is 15.0. The van der Waals surface area contributed by atoms with Gasteiger partial charge in [0, 0.05) is 28.7 Å². The number of hydrogen-bond acceptors (Lipinski definition) is 4. The normalized spacial score (nSPS) is 11.5. The van der Waals surface area contributed by atoms with Crippen LogP contribution in [0.2, 0.25) is 0 Å². The summed E-state index contributed by atoms with van der Waals surface area (Å²) in [6, 6.07) is 13.8. The van der Waals surface area contributed by atoms with Crippen LogP contribution in [-0.2, 0) is 5.75 Å². The van der Waals surface area contributed by atoms with Gasteiger partial charge in [-0.3, -0.25) is 9.36 Å². The minimum Gasteiger partial charge on any atom is -0.306 e. The van der Waals surface area contributed by atoms with Crippen LogP contribution >= 0.6 is 27.7 Å². The number of rotatable bonds is 4. The van der Waals surface area contributed by atoms with Gasteiger partial charge in [0.25, 0.3) is 5.56 Å². The molecule has 0 aliphatic carbocycles. The van der Waals surface area contributed by atoms with Crippen LogP contribution in [0.15, 0.2) is 81.4 Å². The molecule has 2 aromatic carbocycles. The van der Waals surface area contributed by atoms with E-state index >= 15 is 0 Å². The fraction of sp³-hybridized carbons (Fsp3) is 0.0455. The van der Waals surface area contributed by atoms with Gasteiger partial charge in [-0.1, -0.05) is 23.9 Å². The van der Waals surface area contributed by atoms with Gasteiger partial charge in [-0.05, 0) is 52.3 Å². The smallest absolute Gasteiger partial charge is 0.266 e. The highest BCUT2D eigenvalue weighted by atomic mass is 79.9. The Kier molecular flexibility index (Phi) is 5.07. The number of nitrogens with zero attached hydrogens (tertiary/aromatic N) is 4. The third kappa shape index (κ3) is 3.75. The molecule has 5 aromatic rings. The van der Waals surface area contributed by atoms with E-state index in [1.165, 1.54) is 22.4 Å². The standard InChI is InChI=1S/C22H13BrF2N4OS/c23-13-5-8-20-26-15(11-28(20)10-13)12-31-22-27-18-4-2-1-3-16(18)21(30)29(22)19-7-6-14(24)9-17(19)25/h1-11H,12H2. The first-order valence-corrected chi connectivity index (χ1v) is 11.0. The van der Waals surface area contributed by atoms with Crippen LogP contribution in [0.3, 0.4) is 0 Å². The Labute approximate surface area is 187 Å². The first kappa shape index (κ1) is 19.9. The zero-order valence-corrected chi connectivity index (χ0v) is 18.2. The molecule has 0 saturated heterocycles. The Morgan fingerprint density at radius 2 is 1.84 bits per heavy atom. The molecule has 9 heteroatoms. The van der Waals surface area contributed by atoms with Crippen LogP contribution in [-0.4, -0.2) is 18.9 Å². The van der Waals surface area contributed by atoms with Crippen molar-refractivity contribution in [3.8, 4) is 5.69 Å². The largest absolute Gasteiger partial charge is 0.306 e. The summed E-state index contributed by atoms with van der Waals surface area (Å²) in [5, 5.41) is 0.653. The molecule has 3 aromatic heterocycles. The molecule has 0 unspecified atom stereocenters. The summed E-state index contributed by atoms with van der Waals surface area (Å²) in [5.74, 6) is -1.14. The van der Waals surface area contributed by atoms with Crippen molar-refractivity contribution in [2.24, 2.45) is 0 Å². The van der Waals surface area contributed by atoms with Crippen LogP contribution in [0, 0.1) is 11.6 Å². The highest BCUT2D eigenvalue weighted by molar-refractivity contribution is 9.10. The minimum absolute atomic E-state index is 0.0499. The summed E-state index contributed by atoms with van der Waals surface area (Å²) in [6.45, 7) is 0. The number of thioether (sulfide) groups is 1. The molecule has 0 amide bonds. The Hall–Kier alpha value is -3.04. The molecule has 0 aliphatic rings. The van der Waals surface area contributed by atoms with Crippen LogP contribution in [0.1, 0.15) is 5.69 Å². The van der Waals surface area contributed by atoms with Gasteiger partial charge in [0.05, 0.1) is 22.3 Å². The predicted molar refractivity (Wildman–Crippen MR) is 120 cm³/mol. The number of hydrogen-bond donors (Lipinski definition) is 0. The molecule has 0 spiro atoms. The molecule has 154 valence electrons. The van der Waals surface area contributed by atoms with Crippen molar-refractivity contribution >= 4 is 44.2 Å². The van der Waals surface area contributed by atoms with Crippen molar-refractivity contribution in [2.75, 3.05) is 0 Å². The van der Waals surface area contributed by atoms with E-state index in [1.54, 1.807) is 24.3 Å². The summed E-state index contributed by atoms with van der Waals surface area (Å²) >= 11 is 4.69. The van der Waals surface area contributed by atoms with Crippen molar-refractivity contribution in [3.05, 3.63) is 99.1 Å². The Bertz CT molecular complexity index is 1520. The summed E-state index contributed by atoms with van der Waals surface area (Å²) in [4.78, 5) is 22.4. The monoisotopic (exact) mass is 498 g/mol. The minimum atomic E-state index is -0.835. The maximum absolute atomic E-state index is 14.6. The molecular weight excluding hydrogens is 486 g/mol. The lowest BCUT2D eigenvalue weighted by Gasteiger charge is -2.13. The topological polar surface area (TPSA) is 52.2 Å². The fourth-order valence-corrected chi connectivity index (χ4v) is 4.55. The molecule has 0 N–H and O–H groups in total. The molecule has 31 heavy (non-hydrogen) atoms. The Balaban J connectivity index is 1.61. The number of imidazole rings is 1. The third-order valence-electron chi connectivity index (χ3n) is 4.71. The van der Waals surface area contributed by atoms with Gasteiger partial charge in [-0.25, -0.2) is 18.7 Å². The molecule has 0 atom stereocenters. The number of para-hydroxylation sites is 1. The number of benzene rings is 2.